The first-order valence-electron chi connectivity index (χ1n) is 11.7. The van der Waals surface area contributed by atoms with Crippen LogP contribution in [0.4, 0.5) is 0 Å². The van der Waals surface area contributed by atoms with Gasteiger partial charge in [0.25, 0.3) is 0 Å². The van der Waals surface area contributed by atoms with Crippen LogP contribution in [0.15, 0.2) is 121 Å². The van der Waals surface area contributed by atoms with Crippen LogP contribution in [0.2, 0.25) is 0 Å². The largest absolute Gasteiger partial charge is 0.0622 e. The summed E-state index contributed by atoms with van der Waals surface area (Å²) in [6.07, 6.45) is 7.84. The molecule has 0 aliphatic carbocycles. The second-order valence-corrected chi connectivity index (χ2v) is 12.7. The normalized spacial score (nSPS) is 11.2. The SMILES string of the molecule is c1ccc(P(CCCCCCP(c2ccccc2)c2ccccc2)c2ccccc2)cc1. The molecule has 32 heavy (non-hydrogen) atoms. The molecule has 162 valence electrons. The van der Waals surface area contributed by atoms with E-state index >= 15 is 0 Å². The second-order valence-electron chi connectivity index (χ2n) is 8.06. The van der Waals surface area contributed by atoms with E-state index in [0.29, 0.717) is 0 Å². The van der Waals surface area contributed by atoms with Crippen LogP contribution in [0.3, 0.4) is 0 Å². The van der Waals surface area contributed by atoms with Gasteiger partial charge < -0.3 is 0 Å². The van der Waals surface area contributed by atoms with Crippen LogP contribution in [0.25, 0.3) is 0 Å². The minimum atomic E-state index is -0.252. The lowest BCUT2D eigenvalue weighted by atomic mass is 10.2. The lowest BCUT2D eigenvalue weighted by molar-refractivity contribution is 0.709. The summed E-state index contributed by atoms with van der Waals surface area (Å²) < 4.78 is 0. The molecule has 0 nitrogen and oxygen atoms in total. The van der Waals surface area contributed by atoms with E-state index in [2.05, 4.69) is 121 Å². The number of hydrogen-bond acceptors (Lipinski definition) is 0. The van der Waals surface area contributed by atoms with Gasteiger partial charge in [0, 0.05) is 0 Å². The Kier molecular flexibility index (Phi) is 9.09. The first-order valence-corrected chi connectivity index (χ1v) is 14.7. The van der Waals surface area contributed by atoms with E-state index in [4.69, 9.17) is 0 Å². The third kappa shape index (κ3) is 6.62. The van der Waals surface area contributed by atoms with Gasteiger partial charge in [-0.3, -0.25) is 0 Å². The van der Waals surface area contributed by atoms with Gasteiger partial charge in [0.15, 0.2) is 0 Å². The fourth-order valence-electron chi connectivity index (χ4n) is 4.14. The van der Waals surface area contributed by atoms with E-state index in [0.717, 1.165) is 0 Å². The third-order valence-electron chi connectivity index (χ3n) is 5.78. The Balaban J connectivity index is 1.31. The minimum Gasteiger partial charge on any atom is -0.0622 e. The van der Waals surface area contributed by atoms with Crippen molar-refractivity contribution in [3.05, 3.63) is 121 Å². The fourth-order valence-corrected chi connectivity index (χ4v) is 8.98. The summed E-state index contributed by atoms with van der Waals surface area (Å²) in [6.45, 7) is 0. The zero-order valence-electron chi connectivity index (χ0n) is 18.7. The van der Waals surface area contributed by atoms with Gasteiger partial charge in [0.1, 0.15) is 0 Å². The van der Waals surface area contributed by atoms with Gasteiger partial charge in [-0.15, -0.1) is 0 Å². The summed E-state index contributed by atoms with van der Waals surface area (Å²) in [7, 11) is -0.505. The molecule has 0 spiro atoms. The molecule has 0 atom stereocenters. The van der Waals surface area contributed by atoms with Gasteiger partial charge in [-0.2, -0.15) is 0 Å². The van der Waals surface area contributed by atoms with Gasteiger partial charge in [-0.05, 0) is 62.2 Å². The van der Waals surface area contributed by atoms with Gasteiger partial charge in [0.2, 0.25) is 0 Å². The maximum Gasteiger partial charge on any atom is -0.0195 e. The number of hydrogen-bond donors (Lipinski definition) is 0. The minimum absolute atomic E-state index is 0.252. The summed E-state index contributed by atoms with van der Waals surface area (Å²) in [5.74, 6) is 0. The molecule has 0 aliphatic heterocycles. The Labute approximate surface area is 196 Å². The maximum atomic E-state index is 2.31. The Hall–Kier alpha value is -2.26. The molecule has 0 saturated carbocycles. The molecule has 0 amide bonds. The van der Waals surface area contributed by atoms with Gasteiger partial charge in [0.05, 0.1) is 0 Å². The van der Waals surface area contributed by atoms with E-state index < -0.39 is 0 Å². The highest BCUT2D eigenvalue weighted by Gasteiger charge is 2.14. The number of rotatable bonds is 11. The summed E-state index contributed by atoms with van der Waals surface area (Å²) >= 11 is 0. The van der Waals surface area contributed by atoms with Crippen LogP contribution >= 0.6 is 15.8 Å². The van der Waals surface area contributed by atoms with Crippen molar-refractivity contribution in [3.8, 4) is 0 Å². The van der Waals surface area contributed by atoms with Crippen LogP contribution in [-0.2, 0) is 0 Å². The smallest absolute Gasteiger partial charge is 0.0195 e. The summed E-state index contributed by atoms with van der Waals surface area (Å²) in [5.41, 5.74) is 0. The topological polar surface area (TPSA) is 0 Å². The Morgan fingerprint density at radius 1 is 0.312 bits per heavy atom. The highest BCUT2D eigenvalue weighted by atomic mass is 31.1. The van der Waals surface area contributed by atoms with Crippen LogP contribution in [0.5, 0.6) is 0 Å². The Morgan fingerprint density at radius 3 is 0.812 bits per heavy atom. The molecule has 0 N–H and O–H groups in total. The van der Waals surface area contributed by atoms with Crippen molar-refractivity contribution >= 4 is 37.1 Å². The molecule has 0 aliphatic rings. The molecule has 4 aromatic carbocycles. The maximum absolute atomic E-state index is 2.31. The molecule has 4 rings (SSSR count). The lowest BCUT2D eigenvalue weighted by Crippen LogP contribution is -2.14. The second kappa shape index (κ2) is 12.7. The van der Waals surface area contributed by atoms with Crippen molar-refractivity contribution in [2.45, 2.75) is 25.7 Å². The standard InChI is InChI=1S/C30H32P2/c1(15-25-31(27-17-7-3-8-18-27)28-19-9-4-10-20-28)2-16-26-32(29-21-11-5-12-22-29)30-23-13-6-14-24-30/h3-14,17-24H,1-2,15-16,25-26H2. The van der Waals surface area contributed by atoms with Gasteiger partial charge in [-0.25, -0.2) is 0 Å². The lowest BCUT2D eigenvalue weighted by Gasteiger charge is -2.20. The van der Waals surface area contributed by atoms with E-state index in [1.807, 2.05) is 0 Å². The first-order chi connectivity index (χ1) is 15.9. The molecule has 0 saturated heterocycles. The van der Waals surface area contributed by atoms with Gasteiger partial charge >= 0.3 is 0 Å². The average molecular weight is 455 g/mol. The Bertz CT molecular complexity index is 851. The van der Waals surface area contributed by atoms with Crippen molar-refractivity contribution in [1.82, 2.24) is 0 Å². The van der Waals surface area contributed by atoms with E-state index in [9.17, 15) is 0 Å². The predicted molar refractivity (Wildman–Crippen MR) is 146 cm³/mol. The zero-order chi connectivity index (χ0) is 21.8. The average Bonchev–Trinajstić information content (AvgIpc) is 2.88. The van der Waals surface area contributed by atoms with Crippen LogP contribution in [0.1, 0.15) is 25.7 Å². The highest BCUT2D eigenvalue weighted by Crippen LogP contribution is 2.36. The van der Waals surface area contributed by atoms with Crippen molar-refractivity contribution in [3.63, 3.8) is 0 Å². The van der Waals surface area contributed by atoms with Gasteiger partial charge in [-0.1, -0.05) is 134 Å². The van der Waals surface area contributed by atoms with Crippen molar-refractivity contribution in [2.24, 2.45) is 0 Å². The van der Waals surface area contributed by atoms with Crippen molar-refractivity contribution in [2.75, 3.05) is 12.3 Å². The van der Waals surface area contributed by atoms with E-state index in [1.165, 1.54) is 59.2 Å². The van der Waals surface area contributed by atoms with E-state index in [1.54, 1.807) is 0 Å². The Morgan fingerprint density at radius 2 is 0.562 bits per heavy atom. The molecule has 0 aromatic heterocycles. The highest BCUT2D eigenvalue weighted by molar-refractivity contribution is 7.73. The van der Waals surface area contributed by atoms with E-state index in [-0.39, 0.29) is 15.8 Å². The molecular weight excluding hydrogens is 422 g/mol. The van der Waals surface area contributed by atoms with Crippen LogP contribution in [0, 0.1) is 0 Å². The third-order valence-corrected chi connectivity index (χ3v) is 11.0. The fraction of sp³-hybridized carbons (Fsp3) is 0.200. The van der Waals surface area contributed by atoms with Crippen LogP contribution in [-0.4, -0.2) is 12.3 Å². The van der Waals surface area contributed by atoms with Crippen LogP contribution < -0.4 is 21.2 Å². The molecule has 4 aromatic rings. The molecule has 0 fully saturated rings. The molecule has 0 heterocycles. The van der Waals surface area contributed by atoms with Crippen molar-refractivity contribution < 1.29 is 0 Å². The zero-order valence-corrected chi connectivity index (χ0v) is 20.5. The molecular formula is C30H32P2. The molecule has 2 heteroatoms. The summed E-state index contributed by atoms with van der Waals surface area (Å²) in [4.78, 5) is 0. The number of unbranched alkanes of at least 4 members (excludes halogenated alkanes) is 3. The quantitative estimate of drug-likeness (QED) is 0.172. The summed E-state index contributed by atoms with van der Waals surface area (Å²) in [6, 6.07) is 44.5. The predicted octanol–water partition coefficient (Wildman–Crippen LogP) is 6.81. The number of benzene rings is 4. The first kappa shape index (κ1) is 22.9. The molecule has 0 unspecified atom stereocenters. The summed E-state index contributed by atoms with van der Waals surface area (Å²) in [5, 5.41) is 6.02. The van der Waals surface area contributed by atoms with Crippen molar-refractivity contribution in [1.29, 1.82) is 0 Å². The molecule has 0 radical (unpaired) electrons. The monoisotopic (exact) mass is 454 g/mol. The molecule has 0 bridgehead atoms.